The monoisotopic (exact) mass is 359 g/mol. The minimum Gasteiger partial charge on any atom is -0.395 e. The molecule has 2 aliphatic rings. The van der Waals surface area contributed by atoms with E-state index in [1.165, 1.54) is 3.57 Å². The highest BCUT2D eigenvalue weighted by atomic mass is 127. The van der Waals surface area contributed by atoms with Crippen molar-refractivity contribution in [3.63, 3.8) is 0 Å². The Morgan fingerprint density at radius 2 is 1.61 bits per heavy atom. The van der Waals surface area contributed by atoms with Crippen molar-refractivity contribution in [2.75, 3.05) is 0 Å². The van der Waals surface area contributed by atoms with Crippen LogP contribution in [-0.2, 0) is 0 Å². The van der Waals surface area contributed by atoms with Gasteiger partial charge < -0.3 is 9.47 Å². The van der Waals surface area contributed by atoms with Gasteiger partial charge in [0.1, 0.15) is 0 Å². The Bertz CT molecular complexity index is 670. The molecular formula is C13H6F2IO2+. The lowest BCUT2D eigenvalue weighted by atomic mass is 10.1. The molecule has 0 bridgehead atoms. The number of hydrogen-bond acceptors (Lipinski definition) is 2. The first kappa shape index (κ1) is 10.5. The molecule has 0 unspecified atom stereocenters. The molecule has 2 aromatic rings. The maximum atomic E-state index is 13.0. The minimum atomic E-state index is -3.53. The molecule has 0 aromatic heterocycles. The molecule has 0 N–H and O–H groups in total. The van der Waals surface area contributed by atoms with Gasteiger partial charge in [0, 0.05) is 17.2 Å². The Morgan fingerprint density at radius 1 is 0.889 bits per heavy atom. The van der Waals surface area contributed by atoms with Crippen molar-refractivity contribution in [2.45, 2.75) is 6.29 Å². The summed E-state index contributed by atoms with van der Waals surface area (Å²) in [5.74, 6) is 0.269. The normalized spacial score (nSPS) is 17.4. The molecular weight excluding hydrogens is 353 g/mol. The van der Waals surface area contributed by atoms with E-state index in [4.69, 9.17) is 0 Å². The molecule has 2 aliphatic heterocycles. The van der Waals surface area contributed by atoms with Crippen LogP contribution in [0, 0.1) is 7.14 Å². The van der Waals surface area contributed by atoms with Crippen molar-refractivity contribution in [1.29, 1.82) is 0 Å². The standard InChI is InChI=1S/C13H6F2IO2/c14-13(15)17-11-5-8-7-3-1-2-4-9(7)16-10(8)6-12(11)18-13/h1-6H/q+1. The fraction of sp³-hybridized carbons (Fsp3) is 0.0769. The summed E-state index contributed by atoms with van der Waals surface area (Å²) in [5, 5.41) is 0. The summed E-state index contributed by atoms with van der Waals surface area (Å²) in [6.07, 6.45) is -3.53. The van der Waals surface area contributed by atoms with Crippen molar-refractivity contribution in [1.82, 2.24) is 0 Å². The van der Waals surface area contributed by atoms with Gasteiger partial charge in [-0.1, -0.05) is 12.1 Å². The average molecular weight is 359 g/mol. The van der Waals surface area contributed by atoms with Crippen LogP contribution in [0.15, 0.2) is 36.4 Å². The van der Waals surface area contributed by atoms with E-state index >= 15 is 0 Å². The highest BCUT2D eigenvalue weighted by Gasteiger charge is 2.46. The van der Waals surface area contributed by atoms with Gasteiger partial charge in [-0.2, -0.15) is 0 Å². The lowest BCUT2D eigenvalue weighted by molar-refractivity contribution is -0.589. The quantitative estimate of drug-likeness (QED) is 0.531. The molecule has 0 radical (unpaired) electrons. The molecule has 0 aliphatic carbocycles. The summed E-state index contributed by atoms with van der Waals surface area (Å²) < 4.78 is 37.4. The zero-order chi connectivity index (χ0) is 12.3. The first-order valence-electron chi connectivity index (χ1n) is 5.30. The zero-order valence-corrected chi connectivity index (χ0v) is 11.1. The third-order valence-corrected chi connectivity index (χ3v) is 5.85. The molecule has 5 heteroatoms. The van der Waals surface area contributed by atoms with E-state index in [1.54, 1.807) is 12.1 Å². The predicted molar refractivity (Wildman–Crippen MR) is 55.5 cm³/mol. The largest absolute Gasteiger partial charge is 0.586 e. The van der Waals surface area contributed by atoms with E-state index < -0.39 is 6.29 Å². The predicted octanol–water partition coefficient (Wildman–Crippen LogP) is 0.117. The van der Waals surface area contributed by atoms with E-state index in [9.17, 15) is 8.78 Å². The number of ether oxygens (including phenoxy) is 2. The lowest BCUT2D eigenvalue weighted by Gasteiger charge is -2.04. The number of fused-ring (bicyclic) bond motifs is 4. The van der Waals surface area contributed by atoms with Gasteiger partial charge in [0.2, 0.25) is 7.14 Å². The smallest absolute Gasteiger partial charge is 0.395 e. The van der Waals surface area contributed by atoms with E-state index in [0.29, 0.717) is 0 Å². The topological polar surface area (TPSA) is 18.5 Å². The van der Waals surface area contributed by atoms with Crippen LogP contribution in [0.2, 0.25) is 0 Å². The van der Waals surface area contributed by atoms with E-state index in [2.05, 4.69) is 15.5 Å². The van der Waals surface area contributed by atoms with Gasteiger partial charge in [0.05, 0.1) is 0 Å². The first-order chi connectivity index (χ1) is 8.62. The van der Waals surface area contributed by atoms with Crippen molar-refractivity contribution in [2.24, 2.45) is 0 Å². The molecule has 2 aromatic carbocycles. The van der Waals surface area contributed by atoms with Crippen LogP contribution in [0.1, 0.15) is 0 Å². The first-order valence-corrected chi connectivity index (χ1v) is 7.46. The van der Waals surface area contributed by atoms with Crippen LogP contribution >= 0.6 is 0 Å². The molecule has 0 saturated carbocycles. The van der Waals surface area contributed by atoms with E-state index in [0.717, 1.165) is 14.7 Å². The van der Waals surface area contributed by atoms with Gasteiger partial charge in [-0.25, -0.2) is 0 Å². The summed E-state index contributed by atoms with van der Waals surface area (Å²) in [7, 11) is 0. The molecule has 0 spiro atoms. The van der Waals surface area contributed by atoms with Gasteiger partial charge in [0.15, 0.2) is 11.5 Å². The van der Waals surface area contributed by atoms with Crippen LogP contribution < -0.4 is 30.7 Å². The second-order valence-corrected chi connectivity index (χ2v) is 6.88. The average Bonchev–Trinajstić information content (AvgIpc) is 2.80. The van der Waals surface area contributed by atoms with Gasteiger partial charge in [-0.05, 0) is 18.2 Å². The second kappa shape index (κ2) is 3.34. The van der Waals surface area contributed by atoms with Crippen molar-refractivity contribution >= 4 is 0 Å². The summed E-state index contributed by atoms with van der Waals surface area (Å²) in [6, 6.07) is 11.4. The molecule has 2 heterocycles. The fourth-order valence-corrected chi connectivity index (χ4v) is 5.08. The van der Waals surface area contributed by atoms with Crippen LogP contribution in [0.5, 0.6) is 11.5 Å². The number of rotatable bonds is 0. The third-order valence-electron chi connectivity index (χ3n) is 2.86. The van der Waals surface area contributed by atoms with Gasteiger partial charge in [-0.3, -0.25) is 0 Å². The second-order valence-electron chi connectivity index (χ2n) is 4.02. The van der Waals surface area contributed by atoms with Crippen LogP contribution in [0.4, 0.5) is 8.78 Å². The summed E-state index contributed by atoms with van der Waals surface area (Å²) in [6.45, 7) is 0. The molecule has 0 saturated heterocycles. The highest BCUT2D eigenvalue weighted by Crippen LogP contribution is 2.43. The van der Waals surface area contributed by atoms with Crippen LogP contribution in [0.25, 0.3) is 11.1 Å². The fourth-order valence-electron chi connectivity index (χ4n) is 2.13. The molecule has 0 atom stereocenters. The number of alkyl halides is 2. The van der Waals surface area contributed by atoms with Crippen LogP contribution in [0.3, 0.4) is 0 Å². The Morgan fingerprint density at radius 3 is 2.44 bits per heavy atom. The Hall–Kier alpha value is -1.37. The Balaban J connectivity index is 1.89. The van der Waals surface area contributed by atoms with E-state index in [1.807, 2.05) is 18.2 Å². The van der Waals surface area contributed by atoms with Gasteiger partial charge in [-0.15, -0.1) is 8.78 Å². The Labute approximate surface area is 112 Å². The number of halogens is 3. The minimum absolute atomic E-state index is 0.125. The molecule has 0 amide bonds. The third kappa shape index (κ3) is 1.43. The van der Waals surface area contributed by atoms with Crippen molar-refractivity contribution < 1.29 is 39.5 Å². The molecule has 2 nitrogen and oxygen atoms in total. The molecule has 18 heavy (non-hydrogen) atoms. The maximum Gasteiger partial charge on any atom is 0.586 e. The number of benzene rings is 2. The molecule has 4 rings (SSSR count). The van der Waals surface area contributed by atoms with Crippen molar-refractivity contribution in [3.05, 3.63) is 43.5 Å². The van der Waals surface area contributed by atoms with Gasteiger partial charge in [0.25, 0.3) is 0 Å². The molecule has 90 valence electrons. The molecule has 0 fully saturated rings. The highest BCUT2D eigenvalue weighted by molar-refractivity contribution is 5.68. The Kier molecular flexibility index (Phi) is 1.96. The zero-order valence-electron chi connectivity index (χ0n) is 8.91. The van der Waals surface area contributed by atoms with Crippen molar-refractivity contribution in [3.8, 4) is 22.6 Å². The van der Waals surface area contributed by atoms with Crippen LogP contribution in [-0.4, -0.2) is 6.29 Å². The summed E-state index contributed by atoms with van der Waals surface area (Å²) in [4.78, 5) is 0. The van der Waals surface area contributed by atoms with E-state index in [-0.39, 0.29) is 32.7 Å². The summed E-state index contributed by atoms with van der Waals surface area (Å²) >= 11 is -0.317. The number of hydrogen-bond donors (Lipinski definition) is 0. The SMILES string of the molecule is FC1(F)Oc2cc3c(cc2O1)-c1ccccc1[I+]3. The van der Waals surface area contributed by atoms with Gasteiger partial charge >= 0.3 is 27.5 Å². The lowest BCUT2D eigenvalue weighted by Crippen LogP contribution is -3.61. The summed E-state index contributed by atoms with van der Waals surface area (Å²) in [5.41, 5.74) is 2.13. The maximum absolute atomic E-state index is 13.0.